The van der Waals surface area contributed by atoms with Gasteiger partial charge >= 0.3 is 0 Å². The molecule has 7 heteroatoms. The van der Waals surface area contributed by atoms with Crippen LogP contribution in [0.2, 0.25) is 0 Å². The highest BCUT2D eigenvalue weighted by Gasteiger charge is 2.44. The summed E-state index contributed by atoms with van der Waals surface area (Å²) in [7, 11) is 0. The fourth-order valence-corrected chi connectivity index (χ4v) is 8.65. The summed E-state index contributed by atoms with van der Waals surface area (Å²) in [5.41, 5.74) is 11.2. The number of para-hydroxylation sites is 2. The molecule has 6 nitrogen and oxygen atoms in total. The van der Waals surface area contributed by atoms with Crippen LogP contribution in [0.25, 0.3) is 11.0 Å². The Morgan fingerprint density at radius 3 is 2.38 bits per heavy atom. The number of nitrogens with zero attached hydrogens (tertiary/aromatic N) is 4. The molecule has 4 heterocycles. The zero-order valence-electron chi connectivity index (χ0n) is 24.4. The first-order chi connectivity index (χ1) is 20.4. The maximum Gasteiger partial charge on any atom is 0.255 e. The fourth-order valence-electron chi connectivity index (χ4n) is 8.29. The first-order valence-electron chi connectivity index (χ1n) is 15.5. The van der Waals surface area contributed by atoms with Gasteiger partial charge in [-0.25, -0.2) is 4.98 Å². The number of nitrogens with two attached hydrogens (primary N) is 1. The third-order valence-electron chi connectivity index (χ3n) is 10.5. The molecule has 3 fully saturated rings. The molecule has 2 bridgehead atoms. The number of piperidine rings is 2. The molecule has 0 radical (unpaired) electrons. The van der Waals surface area contributed by atoms with Gasteiger partial charge in [0.1, 0.15) is 5.82 Å². The van der Waals surface area contributed by atoms with E-state index >= 15 is 0 Å². The number of hydrogen-bond donors (Lipinski definition) is 1. The van der Waals surface area contributed by atoms with Crippen LogP contribution in [0.15, 0.2) is 77.3 Å². The minimum atomic E-state index is 0.0397. The molecule has 1 amide bonds. The van der Waals surface area contributed by atoms with Gasteiger partial charge in [-0.3, -0.25) is 9.69 Å². The van der Waals surface area contributed by atoms with Gasteiger partial charge in [0, 0.05) is 41.4 Å². The van der Waals surface area contributed by atoms with E-state index in [1.54, 1.807) is 0 Å². The average Bonchev–Trinajstić information content (AvgIpc) is 3.48. The molecule has 4 aromatic rings. The van der Waals surface area contributed by atoms with Crippen molar-refractivity contribution in [2.24, 2.45) is 0 Å². The lowest BCUT2D eigenvalue weighted by Crippen LogP contribution is -2.49. The van der Waals surface area contributed by atoms with Crippen molar-refractivity contribution in [1.82, 2.24) is 19.4 Å². The number of anilines is 1. The monoisotopic (exact) mass is 625 g/mol. The van der Waals surface area contributed by atoms with Gasteiger partial charge < -0.3 is 15.2 Å². The summed E-state index contributed by atoms with van der Waals surface area (Å²) in [5, 5.41) is 0. The molecule has 3 aliphatic rings. The molecular weight excluding hydrogens is 586 g/mol. The smallest absolute Gasteiger partial charge is 0.255 e. The maximum absolute atomic E-state index is 13.5. The third kappa shape index (κ3) is 4.94. The summed E-state index contributed by atoms with van der Waals surface area (Å²) in [5.74, 6) is 1.18. The maximum atomic E-state index is 13.5. The van der Waals surface area contributed by atoms with Crippen molar-refractivity contribution in [3.05, 3.63) is 94.2 Å². The highest BCUT2D eigenvalue weighted by Crippen LogP contribution is 2.45. The first-order valence-corrected chi connectivity index (χ1v) is 16.3. The zero-order valence-corrected chi connectivity index (χ0v) is 26.0. The number of hydrogen-bond acceptors (Lipinski definition) is 4. The Kier molecular flexibility index (Phi) is 7.35. The lowest BCUT2D eigenvalue weighted by molar-refractivity contribution is 0.0608. The van der Waals surface area contributed by atoms with Crippen molar-refractivity contribution in [2.45, 2.75) is 75.4 Å². The number of rotatable bonds is 6. The van der Waals surface area contributed by atoms with Crippen molar-refractivity contribution >= 4 is 38.6 Å². The molecule has 3 aromatic carbocycles. The number of fused-ring (bicyclic) bond motifs is 3. The second kappa shape index (κ2) is 11.2. The third-order valence-corrected chi connectivity index (χ3v) is 11.0. The van der Waals surface area contributed by atoms with Crippen molar-refractivity contribution in [3.63, 3.8) is 0 Å². The zero-order chi connectivity index (χ0) is 28.8. The van der Waals surface area contributed by atoms with E-state index in [9.17, 15) is 4.79 Å². The first kappa shape index (κ1) is 27.7. The minimum absolute atomic E-state index is 0.0397. The minimum Gasteiger partial charge on any atom is -0.398 e. The van der Waals surface area contributed by atoms with Gasteiger partial charge in [0.05, 0.1) is 16.6 Å². The molecule has 0 aliphatic carbocycles. The van der Waals surface area contributed by atoms with Gasteiger partial charge in [0.2, 0.25) is 0 Å². The normalized spacial score (nSPS) is 23.9. The highest BCUT2D eigenvalue weighted by molar-refractivity contribution is 9.10. The summed E-state index contributed by atoms with van der Waals surface area (Å²) in [6, 6.07) is 27.0. The van der Waals surface area contributed by atoms with Gasteiger partial charge in [-0.15, -0.1) is 0 Å². The number of amides is 1. The van der Waals surface area contributed by atoms with Crippen LogP contribution in [0, 0.1) is 6.92 Å². The Morgan fingerprint density at radius 1 is 0.952 bits per heavy atom. The fraction of sp³-hybridized carbons (Fsp3) is 0.429. The Balaban J connectivity index is 1.07. The number of likely N-dealkylation sites (tertiary alicyclic amines) is 1. The summed E-state index contributed by atoms with van der Waals surface area (Å²) >= 11 is 3.50. The van der Waals surface area contributed by atoms with Crippen LogP contribution in [0.4, 0.5) is 5.69 Å². The summed E-state index contributed by atoms with van der Waals surface area (Å²) in [6.45, 7) is 4.79. The van der Waals surface area contributed by atoms with E-state index in [-0.39, 0.29) is 11.3 Å². The quantitative estimate of drug-likeness (QED) is 0.232. The molecule has 7 rings (SSSR count). The highest BCUT2D eigenvalue weighted by atomic mass is 79.9. The van der Waals surface area contributed by atoms with E-state index in [4.69, 9.17) is 10.7 Å². The average molecular weight is 627 g/mol. The second-order valence-corrected chi connectivity index (χ2v) is 13.6. The standard InChI is InChI=1S/C35H40BrN5O/c1-24-38-32-9-5-6-10-33(32)41(24)29-22-27-12-13-28(23-29)40(27)20-17-35(25-7-3-2-4-8-25)15-18-39(19-16-35)34(42)30-21-26(36)11-14-31(30)37/h2-11,14,21,27-29H,12-13,15-20,22-23,37H2,1H3/t27-,28+,29?. The summed E-state index contributed by atoms with van der Waals surface area (Å²) < 4.78 is 3.40. The number of imidazole rings is 1. The van der Waals surface area contributed by atoms with Gasteiger partial charge in [-0.2, -0.15) is 0 Å². The SMILES string of the molecule is Cc1nc2ccccc2n1C1C[C@H]2CC[C@@H](C1)N2CCC1(c2ccccc2)CCN(C(=O)c2cc(Br)ccc2N)CC1. The predicted octanol–water partition coefficient (Wildman–Crippen LogP) is 7.12. The van der Waals surface area contributed by atoms with Crippen LogP contribution in [0.5, 0.6) is 0 Å². The lowest BCUT2D eigenvalue weighted by Gasteiger charge is -2.45. The van der Waals surface area contributed by atoms with Crippen molar-refractivity contribution in [3.8, 4) is 0 Å². The number of carbonyl (C=O) groups excluding carboxylic acids is 1. The molecule has 218 valence electrons. The van der Waals surface area contributed by atoms with Gasteiger partial charge in [-0.1, -0.05) is 58.4 Å². The van der Waals surface area contributed by atoms with E-state index < -0.39 is 0 Å². The molecule has 3 aliphatic heterocycles. The van der Waals surface area contributed by atoms with Gasteiger partial charge in [0.15, 0.2) is 0 Å². The number of aryl methyl sites for hydroxylation is 1. The Bertz CT molecular complexity index is 1580. The van der Waals surface area contributed by atoms with E-state index in [2.05, 4.69) is 86.9 Å². The van der Waals surface area contributed by atoms with E-state index in [0.29, 0.717) is 29.4 Å². The molecule has 42 heavy (non-hydrogen) atoms. The second-order valence-electron chi connectivity index (χ2n) is 12.7. The van der Waals surface area contributed by atoms with Gasteiger partial charge in [-0.05, 0) is 99.7 Å². The Morgan fingerprint density at radius 2 is 1.64 bits per heavy atom. The molecule has 1 aromatic heterocycles. The van der Waals surface area contributed by atoms with Crippen LogP contribution < -0.4 is 5.73 Å². The number of aromatic nitrogens is 2. The summed E-state index contributed by atoms with van der Waals surface area (Å²) in [4.78, 5) is 23.2. The summed E-state index contributed by atoms with van der Waals surface area (Å²) in [6.07, 6.45) is 8.07. The molecule has 0 saturated carbocycles. The number of nitrogen functional groups attached to an aromatic ring is 1. The van der Waals surface area contributed by atoms with Crippen molar-refractivity contribution < 1.29 is 4.79 Å². The molecule has 0 spiro atoms. The molecule has 3 atom stereocenters. The number of benzene rings is 3. The number of halogens is 1. The van der Waals surface area contributed by atoms with Crippen molar-refractivity contribution in [1.29, 1.82) is 0 Å². The van der Waals surface area contributed by atoms with Crippen LogP contribution in [0.3, 0.4) is 0 Å². The largest absolute Gasteiger partial charge is 0.398 e. The topological polar surface area (TPSA) is 67.4 Å². The molecule has 1 unspecified atom stereocenters. The van der Waals surface area contributed by atoms with E-state index in [0.717, 1.165) is 54.7 Å². The van der Waals surface area contributed by atoms with Crippen LogP contribution in [-0.4, -0.2) is 57.0 Å². The lowest BCUT2D eigenvalue weighted by atomic mass is 9.70. The molecule has 2 N–H and O–H groups in total. The Labute approximate surface area is 257 Å². The van der Waals surface area contributed by atoms with E-state index in [1.165, 1.54) is 36.8 Å². The number of carbonyl (C=O) groups is 1. The molecular formula is C35H40BrN5O. The van der Waals surface area contributed by atoms with Crippen LogP contribution >= 0.6 is 15.9 Å². The van der Waals surface area contributed by atoms with Gasteiger partial charge in [0.25, 0.3) is 5.91 Å². The van der Waals surface area contributed by atoms with E-state index in [1.807, 2.05) is 23.1 Å². The van der Waals surface area contributed by atoms with Crippen LogP contribution in [-0.2, 0) is 5.41 Å². The Hall–Kier alpha value is -3.16. The van der Waals surface area contributed by atoms with Crippen molar-refractivity contribution in [2.75, 3.05) is 25.4 Å². The predicted molar refractivity (Wildman–Crippen MR) is 173 cm³/mol. The van der Waals surface area contributed by atoms with Crippen LogP contribution in [0.1, 0.15) is 72.7 Å². The molecule has 3 saturated heterocycles.